The zero-order valence-corrected chi connectivity index (χ0v) is 17.2. The van der Waals surface area contributed by atoms with E-state index in [-0.39, 0.29) is 10.5 Å². The van der Waals surface area contributed by atoms with Crippen LogP contribution in [0.1, 0.15) is 64.9 Å². The summed E-state index contributed by atoms with van der Waals surface area (Å²) in [7, 11) is -1.66. The van der Waals surface area contributed by atoms with Crippen molar-refractivity contribution in [2.45, 2.75) is 82.8 Å². The molecule has 134 valence electrons. The van der Waals surface area contributed by atoms with E-state index in [0.717, 1.165) is 45.1 Å². The third-order valence-electron chi connectivity index (χ3n) is 6.22. The Morgan fingerprint density at radius 3 is 2.21 bits per heavy atom. The lowest BCUT2D eigenvalue weighted by molar-refractivity contribution is -0.121. The monoisotopic (exact) mass is 346 g/mol. The van der Waals surface area contributed by atoms with Gasteiger partial charge in [0, 0.05) is 19.4 Å². The number of hydrogen-bond acceptors (Lipinski definition) is 2. The number of ketones is 1. The summed E-state index contributed by atoms with van der Waals surface area (Å²) in [6.45, 7) is 12.4. The molecule has 0 amide bonds. The standard InChI is InChI=1S/C21H34O2Si/c1-20(2,3)24(4,5)23-17-9-14-21(15-12-19(22)13-16-21)18-10-7-6-8-11-18/h6-8,10-11H,9,12-17H2,1-5H3. The first-order valence-corrected chi connectivity index (χ1v) is 12.3. The van der Waals surface area contributed by atoms with Gasteiger partial charge in [-0.1, -0.05) is 51.1 Å². The second-order valence-corrected chi connectivity index (χ2v) is 13.7. The molecule has 24 heavy (non-hydrogen) atoms. The lowest BCUT2D eigenvalue weighted by atomic mass is 9.66. The van der Waals surface area contributed by atoms with Gasteiger partial charge in [0.15, 0.2) is 8.32 Å². The Hall–Kier alpha value is -0.933. The summed E-state index contributed by atoms with van der Waals surface area (Å²) >= 11 is 0. The number of benzene rings is 1. The molecule has 0 radical (unpaired) electrons. The topological polar surface area (TPSA) is 26.3 Å². The van der Waals surface area contributed by atoms with Gasteiger partial charge in [-0.15, -0.1) is 0 Å². The summed E-state index contributed by atoms with van der Waals surface area (Å²) in [5.74, 6) is 0.430. The molecule has 0 N–H and O–H groups in total. The Labute approximate surface area is 149 Å². The van der Waals surface area contributed by atoms with E-state index in [4.69, 9.17) is 4.43 Å². The van der Waals surface area contributed by atoms with Crippen molar-refractivity contribution in [2.75, 3.05) is 6.61 Å². The summed E-state index contributed by atoms with van der Waals surface area (Å²) in [5.41, 5.74) is 1.58. The lowest BCUT2D eigenvalue weighted by Gasteiger charge is -2.39. The normalized spacial score (nSPS) is 18.6. The Kier molecular flexibility index (Phi) is 6.08. The summed E-state index contributed by atoms with van der Waals surface area (Å²) in [6, 6.07) is 10.8. The lowest BCUT2D eigenvalue weighted by Crippen LogP contribution is -2.41. The molecule has 0 unspecified atom stereocenters. The molecule has 0 aromatic heterocycles. The molecule has 0 bridgehead atoms. The van der Waals surface area contributed by atoms with Crippen LogP contribution in [0.5, 0.6) is 0 Å². The second-order valence-electron chi connectivity index (χ2n) is 8.90. The van der Waals surface area contributed by atoms with Crippen molar-refractivity contribution in [1.29, 1.82) is 0 Å². The van der Waals surface area contributed by atoms with Gasteiger partial charge in [-0.3, -0.25) is 4.79 Å². The van der Waals surface area contributed by atoms with Crippen molar-refractivity contribution in [3.63, 3.8) is 0 Å². The van der Waals surface area contributed by atoms with Crippen LogP contribution in [0.2, 0.25) is 18.1 Å². The SMILES string of the molecule is CC(C)(C)[Si](C)(C)OCCCC1(c2ccccc2)CCC(=O)CC1. The molecule has 1 fully saturated rings. The first-order chi connectivity index (χ1) is 11.2. The molecule has 1 aliphatic carbocycles. The second kappa shape index (κ2) is 7.53. The highest BCUT2D eigenvalue weighted by atomic mass is 28.4. The average Bonchev–Trinajstić information content (AvgIpc) is 2.53. The third kappa shape index (κ3) is 4.57. The van der Waals surface area contributed by atoms with Gasteiger partial charge in [0.1, 0.15) is 5.78 Å². The van der Waals surface area contributed by atoms with Crippen molar-refractivity contribution in [1.82, 2.24) is 0 Å². The van der Waals surface area contributed by atoms with Crippen LogP contribution in [0.4, 0.5) is 0 Å². The molecule has 1 aromatic rings. The molecule has 1 aliphatic rings. The molecule has 2 nitrogen and oxygen atoms in total. The highest BCUT2D eigenvalue weighted by Crippen LogP contribution is 2.42. The highest BCUT2D eigenvalue weighted by molar-refractivity contribution is 6.74. The van der Waals surface area contributed by atoms with Crippen molar-refractivity contribution < 1.29 is 9.22 Å². The molecule has 0 aliphatic heterocycles. The molecule has 0 heterocycles. The molecule has 0 atom stereocenters. The molecule has 0 saturated heterocycles. The zero-order chi connectivity index (χ0) is 17.8. The Balaban J connectivity index is 1.99. The van der Waals surface area contributed by atoms with Gasteiger partial charge in [0.2, 0.25) is 0 Å². The number of hydrogen-bond donors (Lipinski definition) is 0. The Morgan fingerprint density at radius 2 is 1.67 bits per heavy atom. The van der Waals surface area contributed by atoms with Crippen LogP contribution in [-0.2, 0) is 14.6 Å². The van der Waals surface area contributed by atoms with Gasteiger partial charge >= 0.3 is 0 Å². The van der Waals surface area contributed by atoms with Crippen LogP contribution in [-0.4, -0.2) is 20.7 Å². The maximum atomic E-state index is 11.7. The number of carbonyl (C=O) groups excluding carboxylic acids is 1. The van der Waals surface area contributed by atoms with Gasteiger partial charge in [-0.2, -0.15) is 0 Å². The first kappa shape index (κ1) is 19.4. The van der Waals surface area contributed by atoms with Crippen LogP contribution < -0.4 is 0 Å². The van der Waals surface area contributed by atoms with Gasteiger partial charge in [-0.25, -0.2) is 0 Å². The quantitative estimate of drug-likeness (QED) is 0.475. The van der Waals surface area contributed by atoms with E-state index in [2.05, 4.69) is 64.2 Å². The van der Waals surface area contributed by atoms with Gasteiger partial charge in [0.05, 0.1) is 0 Å². The fourth-order valence-corrected chi connectivity index (χ4v) is 4.52. The first-order valence-electron chi connectivity index (χ1n) is 9.38. The van der Waals surface area contributed by atoms with Crippen LogP contribution in [0.25, 0.3) is 0 Å². The molecule has 0 spiro atoms. The smallest absolute Gasteiger partial charge is 0.191 e. The van der Waals surface area contributed by atoms with Gasteiger partial charge in [0.25, 0.3) is 0 Å². The van der Waals surface area contributed by atoms with E-state index in [0.29, 0.717) is 5.78 Å². The fraction of sp³-hybridized carbons (Fsp3) is 0.667. The largest absolute Gasteiger partial charge is 0.417 e. The van der Waals surface area contributed by atoms with Crippen molar-refractivity contribution in [2.24, 2.45) is 0 Å². The Bertz CT molecular complexity index is 533. The van der Waals surface area contributed by atoms with Crippen LogP contribution in [0.3, 0.4) is 0 Å². The van der Waals surface area contributed by atoms with Crippen molar-refractivity contribution in [3.05, 3.63) is 35.9 Å². The van der Waals surface area contributed by atoms with Crippen LogP contribution in [0.15, 0.2) is 30.3 Å². The molecule has 1 saturated carbocycles. The van der Waals surface area contributed by atoms with E-state index in [1.807, 2.05) is 0 Å². The van der Waals surface area contributed by atoms with Crippen molar-refractivity contribution >= 4 is 14.1 Å². The summed E-state index contributed by atoms with van der Waals surface area (Å²) in [4.78, 5) is 11.7. The van der Waals surface area contributed by atoms with E-state index in [9.17, 15) is 4.79 Å². The predicted molar refractivity (Wildman–Crippen MR) is 104 cm³/mol. The van der Waals surface area contributed by atoms with Crippen molar-refractivity contribution in [3.8, 4) is 0 Å². The molecular weight excluding hydrogens is 312 g/mol. The predicted octanol–water partition coefficient (Wildman–Crippen LogP) is 5.87. The van der Waals surface area contributed by atoms with E-state index >= 15 is 0 Å². The summed E-state index contributed by atoms with van der Waals surface area (Å²) in [6.07, 6.45) is 5.66. The highest BCUT2D eigenvalue weighted by Gasteiger charge is 2.38. The zero-order valence-electron chi connectivity index (χ0n) is 16.2. The van der Waals surface area contributed by atoms with E-state index in [1.165, 1.54) is 5.56 Å². The van der Waals surface area contributed by atoms with E-state index < -0.39 is 8.32 Å². The fourth-order valence-electron chi connectivity index (χ4n) is 3.44. The van der Waals surface area contributed by atoms with Crippen LogP contribution in [0, 0.1) is 0 Å². The summed E-state index contributed by atoms with van der Waals surface area (Å²) in [5, 5.41) is 0.265. The Morgan fingerprint density at radius 1 is 1.08 bits per heavy atom. The maximum Gasteiger partial charge on any atom is 0.191 e. The maximum absolute atomic E-state index is 11.7. The molecule has 3 heteroatoms. The van der Waals surface area contributed by atoms with E-state index in [1.54, 1.807) is 0 Å². The minimum absolute atomic E-state index is 0.173. The van der Waals surface area contributed by atoms with Crippen LogP contribution >= 0.6 is 0 Å². The van der Waals surface area contributed by atoms with Gasteiger partial charge in [-0.05, 0) is 54.8 Å². The molecule has 1 aromatic carbocycles. The van der Waals surface area contributed by atoms with Gasteiger partial charge < -0.3 is 4.43 Å². The summed E-state index contributed by atoms with van der Waals surface area (Å²) < 4.78 is 6.36. The number of carbonyl (C=O) groups is 1. The average molecular weight is 347 g/mol. The third-order valence-corrected chi connectivity index (χ3v) is 10.8. The molecule has 2 rings (SSSR count). The number of rotatable bonds is 6. The minimum atomic E-state index is -1.66. The minimum Gasteiger partial charge on any atom is -0.417 e. The number of Topliss-reactive ketones (excluding diaryl/α,β-unsaturated/α-hetero) is 1. The molecular formula is C21H34O2Si.